The number of anilines is 1. The fraction of sp³-hybridized carbons (Fsp3) is 0.750. The van der Waals surface area contributed by atoms with Gasteiger partial charge in [0.05, 0.1) is 0 Å². The fourth-order valence-corrected chi connectivity index (χ4v) is 2.52. The third kappa shape index (κ3) is 3.45. The van der Waals surface area contributed by atoms with E-state index in [0.29, 0.717) is 12.0 Å². The molecule has 0 aromatic carbocycles. The van der Waals surface area contributed by atoms with E-state index in [1.165, 1.54) is 19.3 Å². The summed E-state index contributed by atoms with van der Waals surface area (Å²) in [5.74, 6) is 1.19. The van der Waals surface area contributed by atoms with Gasteiger partial charge in [-0.05, 0) is 36.8 Å². The lowest BCUT2D eigenvalue weighted by atomic mass is 9.86. The Bertz CT molecular complexity index is 402. The van der Waals surface area contributed by atoms with Crippen LogP contribution in [-0.2, 0) is 0 Å². The predicted octanol–water partition coefficient (Wildman–Crippen LogP) is 2.91. The van der Waals surface area contributed by atoms with E-state index in [1.807, 2.05) is 0 Å². The standard InChI is InChI=1S/C12H19ClN4O/c1-3-8-5-4-6-9(7-8)18-12-16-10(13)15-11(14-2)17-12/h8-9H,3-7H2,1-2H3,(H,14,15,16,17). The number of rotatable bonds is 4. The number of aromatic nitrogens is 3. The van der Waals surface area contributed by atoms with Crippen molar-refractivity contribution in [2.75, 3.05) is 12.4 Å². The molecule has 1 aromatic heterocycles. The molecule has 1 aliphatic carbocycles. The second-order valence-electron chi connectivity index (χ2n) is 4.64. The second-order valence-corrected chi connectivity index (χ2v) is 4.98. The van der Waals surface area contributed by atoms with Gasteiger partial charge < -0.3 is 10.1 Å². The first-order valence-corrected chi connectivity index (χ1v) is 6.85. The summed E-state index contributed by atoms with van der Waals surface area (Å²) in [6.07, 6.45) is 6.06. The highest BCUT2D eigenvalue weighted by molar-refractivity contribution is 6.28. The van der Waals surface area contributed by atoms with Crippen molar-refractivity contribution < 1.29 is 4.74 Å². The summed E-state index contributed by atoms with van der Waals surface area (Å²) in [5, 5.41) is 3.00. The van der Waals surface area contributed by atoms with E-state index >= 15 is 0 Å². The van der Waals surface area contributed by atoms with Crippen LogP contribution in [0.4, 0.5) is 5.95 Å². The first-order chi connectivity index (χ1) is 8.71. The van der Waals surface area contributed by atoms with Crippen LogP contribution in [0.2, 0.25) is 5.28 Å². The van der Waals surface area contributed by atoms with Gasteiger partial charge in [0.1, 0.15) is 6.10 Å². The zero-order valence-electron chi connectivity index (χ0n) is 10.8. The molecule has 1 heterocycles. The third-order valence-electron chi connectivity index (χ3n) is 3.40. The molecule has 5 nitrogen and oxygen atoms in total. The maximum atomic E-state index is 5.82. The molecule has 0 amide bonds. The molecule has 0 bridgehead atoms. The van der Waals surface area contributed by atoms with Crippen molar-refractivity contribution in [3.8, 4) is 6.01 Å². The molecule has 1 saturated carbocycles. The molecule has 0 saturated heterocycles. The molecule has 1 aromatic rings. The van der Waals surface area contributed by atoms with Crippen LogP contribution in [0.1, 0.15) is 39.0 Å². The van der Waals surface area contributed by atoms with Crippen LogP contribution in [0, 0.1) is 5.92 Å². The van der Waals surface area contributed by atoms with Gasteiger partial charge in [-0.25, -0.2) is 0 Å². The quantitative estimate of drug-likeness (QED) is 0.912. The maximum absolute atomic E-state index is 5.82. The Morgan fingerprint density at radius 3 is 2.89 bits per heavy atom. The topological polar surface area (TPSA) is 59.9 Å². The number of nitrogens with one attached hydrogen (secondary N) is 1. The first kappa shape index (κ1) is 13.3. The molecule has 1 N–H and O–H groups in total. The molecular formula is C12H19ClN4O. The second kappa shape index (κ2) is 6.18. The molecule has 18 heavy (non-hydrogen) atoms. The van der Waals surface area contributed by atoms with Gasteiger partial charge >= 0.3 is 6.01 Å². The van der Waals surface area contributed by atoms with E-state index in [2.05, 4.69) is 27.2 Å². The highest BCUT2D eigenvalue weighted by atomic mass is 35.5. The highest BCUT2D eigenvalue weighted by Gasteiger charge is 2.23. The van der Waals surface area contributed by atoms with Crippen LogP contribution < -0.4 is 10.1 Å². The number of nitrogens with zero attached hydrogens (tertiary/aromatic N) is 3. The normalized spacial score (nSPS) is 23.7. The number of hydrogen-bond donors (Lipinski definition) is 1. The molecule has 2 atom stereocenters. The molecule has 1 fully saturated rings. The van der Waals surface area contributed by atoms with Crippen LogP contribution in [0.3, 0.4) is 0 Å². The van der Waals surface area contributed by atoms with E-state index in [9.17, 15) is 0 Å². The van der Waals surface area contributed by atoms with Crippen molar-refractivity contribution >= 4 is 17.5 Å². The lowest BCUT2D eigenvalue weighted by Gasteiger charge is -2.28. The van der Waals surface area contributed by atoms with Gasteiger partial charge in [0.15, 0.2) is 0 Å². The van der Waals surface area contributed by atoms with E-state index < -0.39 is 0 Å². The van der Waals surface area contributed by atoms with E-state index in [0.717, 1.165) is 18.8 Å². The number of hydrogen-bond acceptors (Lipinski definition) is 5. The minimum atomic E-state index is 0.159. The Morgan fingerprint density at radius 1 is 1.33 bits per heavy atom. The summed E-state index contributed by atoms with van der Waals surface area (Å²) in [4.78, 5) is 12.1. The fourth-order valence-electron chi connectivity index (χ4n) is 2.36. The molecule has 100 valence electrons. The lowest BCUT2D eigenvalue weighted by molar-refractivity contribution is 0.111. The molecule has 0 spiro atoms. The first-order valence-electron chi connectivity index (χ1n) is 6.47. The number of ether oxygens (including phenoxy) is 1. The summed E-state index contributed by atoms with van der Waals surface area (Å²) in [5.41, 5.74) is 0. The Hall–Kier alpha value is -1.10. The van der Waals surface area contributed by atoms with Gasteiger partial charge in [-0.1, -0.05) is 19.8 Å². The molecule has 0 aliphatic heterocycles. The lowest BCUT2D eigenvalue weighted by Crippen LogP contribution is -2.26. The zero-order valence-corrected chi connectivity index (χ0v) is 11.6. The smallest absolute Gasteiger partial charge is 0.322 e. The molecule has 1 aliphatic rings. The third-order valence-corrected chi connectivity index (χ3v) is 3.56. The molecule has 2 rings (SSSR count). The van der Waals surface area contributed by atoms with E-state index in [1.54, 1.807) is 7.05 Å². The SMILES string of the molecule is CCC1CCCC(Oc2nc(Cl)nc(NC)n2)C1. The van der Waals surface area contributed by atoms with Crippen LogP contribution in [0.15, 0.2) is 0 Å². The van der Waals surface area contributed by atoms with E-state index in [-0.39, 0.29) is 11.4 Å². The highest BCUT2D eigenvalue weighted by Crippen LogP contribution is 2.29. The van der Waals surface area contributed by atoms with Crippen molar-refractivity contribution in [2.45, 2.75) is 45.1 Å². The summed E-state index contributed by atoms with van der Waals surface area (Å²) in [6, 6.07) is 0.320. The Balaban J connectivity index is 2.02. The molecule has 6 heteroatoms. The number of halogens is 1. The molecule has 2 unspecified atom stereocenters. The van der Waals surface area contributed by atoms with Crippen LogP contribution in [0.5, 0.6) is 6.01 Å². The predicted molar refractivity (Wildman–Crippen MR) is 71.0 cm³/mol. The van der Waals surface area contributed by atoms with Crippen molar-refractivity contribution in [3.63, 3.8) is 0 Å². The van der Waals surface area contributed by atoms with Crippen molar-refractivity contribution in [1.82, 2.24) is 15.0 Å². The summed E-state index contributed by atoms with van der Waals surface area (Å²) >= 11 is 5.82. The van der Waals surface area contributed by atoms with Crippen molar-refractivity contribution in [1.29, 1.82) is 0 Å². The van der Waals surface area contributed by atoms with Gasteiger partial charge in [0.2, 0.25) is 11.2 Å². The Kier molecular flexibility index (Phi) is 4.58. The van der Waals surface area contributed by atoms with Crippen LogP contribution >= 0.6 is 11.6 Å². The monoisotopic (exact) mass is 270 g/mol. The van der Waals surface area contributed by atoms with E-state index in [4.69, 9.17) is 16.3 Å². The Labute approximate surface area is 112 Å². The van der Waals surface area contributed by atoms with Gasteiger partial charge in [-0.3, -0.25) is 0 Å². The zero-order chi connectivity index (χ0) is 13.0. The van der Waals surface area contributed by atoms with Gasteiger partial charge in [-0.2, -0.15) is 15.0 Å². The summed E-state index contributed by atoms with van der Waals surface area (Å²) in [7, 11) is 1.74. The molecular weight excluding hydrogens is 252 g/mol. The minimum Gasteiger partial charge on any atom is -0.460 e. The van der Waals surface area contributed by atoms with Crippen LogP contribution in [0.25, 0.3) is 0 Å². The van der Waals surface area contributed by atoms with Gasteiger partial charge in [0.25, 0.3) is 0 Å². The Morgan fingerprint density at radius 2 is 2.17 bits per heavy atom. The van der Waals surface area contributed by atoms with Crippen LogP contribution in [-0.4, -0.2) is 28.1 Å². The van der Waals surface area contributed by atoms with Crippen molar-refractivity contribution in [3.05, 3.63) is 5.28 Å². The van der Waals surface area contributed by atoms with Crippen molar-refractivity contribution in [2.24, 2.45) is 5.92 Å². The van der Waals surface area contributed by atoms with Gasteiger partial charge in [-0.15, -0.1) is 0 Å². The summed E-state index contributed by atoms with van der Waals surface area (Å²) in [6.45, 7) is 2.23. The summed E-state index contributed by atoms with van der Waals surface area (Å²) < 4.78 is 5.82. The van der Waals surface area contributed by atoms with Gasteiger partial charge in [0, 0.05) is 7.05 Å². The minimum absolute atomic E-state index is 0.159. The molecule has 0 radical (unpaired) electrons. The average Bonchev–Trinajstić information content (AvgIpc) is 2.38. The maximum Gasteiger partial charge on any atom is 0.322 e. The largest absolute Gasteiger partial charge is 0.460 e. The average molecular weight is 271 g/mol.